The van der Waals surface area contributed by atoms with E-state index in [1.165, 1.54) is 6.20 Å². The van der Waals surface area contributed by atoms with Crippen molar-refractivity contribution in [3.05, 3.63) is 41.6 Å². The fraction of sp³-hybridized carbons (Fsp3) is 0.435. The van der Waals surface area contributed by atoms with Crippen molar-refractivity contribution in [3.63, 3.8) is 0 Å². The first-order valence-electron chi connectivity index (χ1n) is 11.9. The van der Waals surface area contributed by atoms with Crippen LogP contribution in [0.3, 0.4) is 0 Å². The van der Waals surface area contributed by atoms with Crippen molar-refractivity contribution in [3.8, 4) is 22.8 Å². The van der Waals surface area contributed by atoms with Crippen molar-refractivity contribution in [2.24, 2.45) is 7.05 Å². The van der Waals surface area contributed by atoms with Gasteiger partial charge in [0.1, 0.15) is 12.4 Å². The number of ether oxygens (including phenoxy) is 1. The van der Waals surface area contributed by atoms with Crippen molar-refractivity contribution >= 4 is 23.4 Å². The van der Waals surface area contributed by atoms with Gasteiger partial charge < -0.3 is 19.2 Å². The van der Waals surface area contributed by atoms with Crippen LogP contribution in [0.1, 0.15) is 31.5 Å². The van der Waals surface area contributed by atoms with Crippen LogP contribution in [0.2, 0.25) is 5.02 Å². The molecule has 6 rings (SSSR count). The summed E-state index contributed by atoms with van der Waals surface area (Å²) in [7, 11) is 1.80. The molecular formula is C23H23ClF3N9O. The fourth-order valence-corrected chi connectivity index (χ4v) is 4.93. The number of nitrogens with zero attached hydrogens (tertiary/aromatic N) is 8. The number of nitrogens with one attached hydrogen (secondary N) is 1. The fourth-order valence-electron chi connectivity index (χ4n) is 4.73. The van der Waals surface area contributed by atoms with Gasteiger partial charge in [-0.3, -0.25) is 4.68 Å². The molecule has 1 aliphatic heterocycles. The molecule has 4 aromatic rings. The maximum Gasteiger partial charge on any atom is 0.417 e. The molecule has 0 bridgehead atoms. The topological polar surface area (TPSA) is 100 Å². The lowest BCUT2D eigenvalue weighted by atomic mass is 9.79. The second-order valence-electron chi connectivity index (χ2n) is 9.24. The summed E-state index contributed by atoms with van der Waals surface area (Å²) in [5, 5.41) is 16.1. The highest BCUT2D eigenvalue weighted by Gasteiger charge is 2.59. The Hall–Kier alpha value is -3.45. The number of rotatable bonds is 6. The summed E-state index contributed by atoms with van der Waals surface area (Å²) in [4.78, 5) is 8.87. The Morgan fingerprint density at radius 2 is 2.03 bits per heavy atom. The lowest BCUT2D eigenvalue weighted by molar-refractivity contribution is -0.308. The summed E-state index contributed by atoms with van der Waals surface area (Å²) in [5.41, 5.74) is -0.0113. The molecule has 10 nitrogen and oxygen atoms in total. The standard InChI is InChI=1S/C23H23ClF3N9O/c1-34-17(4-7-29-34)30-21-28-11-15(24)19(31-21)14-10-16-20-33-32-18(36(20)9-3-8-35(16)12-14)13-37-22(5-2-6-22)23(25,26)27/h4,7,10-12H,2-3,5-6,8-9,13H2,1H3,(H,28,30,31). The van der Waals surface area contributed by atoms with Gasteiger partial charge in [-0.25, -0.2) is 9.97 Å². The largest absolute Gasteiger partial charge is 0.417 e. The number of fused-ring (bicyclic) bond motifs is 3. The predicted molar refractivity (Wildman–Crippen MR) is 128 cm³/mol. The van der Waals surface area contributed by atoms with Gasteiger partial charge in [-0.1, -0.05) is 11.6 Å². The molecule has 4 aromatic heterocycles. The molecule has 1 aliphatic carbocycles. The molecule has 0 aromatic carbocycles. The van der Waals surface area contributed by atoms with E-state index in [1.807, 2.05) is 21.4 Å². The molecule has 14 heteroatoms. The van der Waals surface area contributed by atoms with Crippen molar-refractivity contribution in [2.45, 2.75) is 57.2 Å². The lowest BCUT2D eigenvalue weighted by Gasteiger charge is -2.42. The van der Waals surface area contributed by atoms with Crippen molar-refractivity contribution in [1.82, 2.24) is 39.1 Å². The van der Waals surface area contributed by atoms with Crippen molar-refractivity contribution in [2.75, 3.05) is 5.32 Å². The average molecular weight is 534 g/mol. The number of anilines is 2. The quantitative estimate of drug-likeness (QED) is 0.382. The highest BCUT2D eigenvalue weighted by Crippen LogP contribution is 2.48. The molecule has 0 radical (unpaired) electrons. The highest BCUT2D eigenvalue weighted by molar-refractivity contribution is 6.32. The minimum absolute atomic E-state index is 0.0269. The zero-order valence-corrected chi connectivity index (χ0v) is 20.6. The molecule has 5 heterocycles. The maximum atomic E-state index is 13.5. The Labute approximate surface area is 214 Å². The first kappa shape index (κ1) is 23.9. The van der Waals surface area contributed by atoms with E-state index in [0.29, 0.717) is 47.8 Å². The zero-order chi connectivity index (χ0) is 25.8. The van der Waals surface area contributed by atoms with Gasteiger partial charge >= 0.3 is 6.18 Å². The van der Waals surface area contributed by atoms with Crippen LogP contribution in [0.5, 0.6) is 0 Å². The molecule has 1 fully saturated rings. The summed E-state index contributed by atoms with van der Waals surface area (Å²) in [5.74, 6) is 2.03. The van der Waals surface area contributed by atoms with E-state index in [-0.39, 0.29) is 19.4 Å². The van der Waals surface area contributed by atoms with E-state index >= 15 is 0 Å². The van der Waals surface area contributed by atoms with Crippen LogP contribution in [-0.4, -0.2) is 50.9 Å². The minimum Gasteiger partial charge on any atom is -0.358 e. The molecule has 0 spiro atoms. The molecule has 0 unspecified atom stereocenters. The number of aryl methyl sites for hydroxylation is 2. The number of hydrogen-bond acceptors (Lipinski definition) is 7. The first-order valence-corrected chi connectivity index (χ1v) is 12.2. The third-order valence-electron chi connectivity index (χ3n) is 6.97. The zero-order valence-electron chi connectivity index (χ0n) is 19.8. The van der Waals surface area contributed by atoms with Gasteiger partial charge in [0.05, 0.1) is 28.8 Å². The number of aromatic nitrogens is 8. The summed E-state index contributed by atoms with van der Waals surface area (Å²) in [6, 6.07) is 3.70. The van der Waals surface area contributed by atoms with E-state index in [9.17, 15) is 13.2 Å². The number of alkyl halides is 3. The Morgan fingerprint density at radius 3 is 2.73 bits per heavy atom. The van der Waals surface area contributed by atoms with Crippen LogP contribution >= 0.6 is 11.6 Å². The van der Waals surface area contributed by atoms with Crippen LogP contribution in [0.15, 0.2) is 30.7 Å². The number of halogens is 4. The van der Waals surface area contributed by atoms with Gasteiger partial charge in [0, 0.05) is 38.0 Å². The Bertz CT molecular complexity index is 1450. The normalized spacial score (nSPS) is 16.6. The minimum atomic E-state index is -4.41. The monoisotopic (exact) mass is 533 g/mol. The van der Waals surface area contributed by atoms with Gasteiger partial charge in [-0.2, -0.15) is 18.3 Å². The van der Waals surface area contributed by atoms with E-state index in [2.05, 4.69) is 30.6 Å². The summed E-state index contributed by atoms with van der Waals surface area (Å²) < 4.78 is 51.6. The molecule has 0 atom stereocenters. The van der Waals surface area contributed by atoms with E-state index in [1.54, 1.807) is 24.0 Å². The molecule has 2 aliphatic rings. The average Bonchev–Trinajstić information content (AvgIpc) is 3.50. The van der Waals surface area contributed by atoms with Gasteiger partial charge in [-0.05, 0) is 31.7 Å². The highest BCUT2D eigenvalue weighted by atomic mass is 35.5. The van der Waals surface area contributed by atoms with Gasteiger partial charge in [0.2, 0.25) is 5.95 Å². The third kappa shape index (κ3) is 4.15. The van der Waals surface area contributed by atoms with Crippen molar-refractivity contribution in [1.29, 1.82) is 0 Å². The van der Waals surface area contributed by atoms with Gasteiger partial charge in [0.15, 0.2) is 17.2 Å². The summed E-state index contributed by atoms with van der Waals surface area (Å²) in [6.07, 6.45) is 1.91. The summed E-state index contributed by atoms with van der Waals surface area (Å²) >= 11 is 6.46. The molecule has 37 heavy (non-hydrogen) atoms. The van der Waals surface area contributed by atoms with Crippen LogP contribution < -0.4 is 5.32 Å². The molecular weight excluding hydrogens is 511 g/mol. The van der Waals surface area contributed by atoms with E-state index in [0.717, 1.165) is 23.5 Å². The van der Waals surface area contributed by atoms with E-state index < -0.39 is 11.8 Å². The van der Waals surface area contributed by atoms with Gasteiger partial charge in [-0.15, -0.1) is 10.2 Å². The van der Waals surface area contributed by atoms with Crippen LogP contribution in [0.4, 0.5) is 24.9 Å². The Kier molecular flexibility index (Phi) is 5.71. The predicted octanol–water partition coefficient (Wildman–Crippen LogP) is 4.74. The molecule has 0 amide bonds. The number of hydrogen-bond donors (Lipinski definition) is 1. The summed E-state index contributed by atoms with van der Waals surface area (Å²) in [6.45, 7) is 1.01. The molecule has 0 saturated heterocycles. The van der Waals surface area contributed by atoms with Crippen LogP contribution in [0.25, 0.3) is 22.8 Å². The molecule has 1 saturated carbocycles. The Morgan fingerprint density at radius 1 is 1.19 bits per heavy atom. The lowest BCUT2D eigenvalue weighted by Crippen LogP contribution is -2.53. The van der Waals surface area contributed by atoms with Gasteiger partial charge in [0.25, 0.3) is 0 Å². The molecule has 194 valence electrons. The van der Waals surface area contributed by atoms with Crippen LogP contribution in [0, 0.1) is 0 Å². The van der Waals surface area contributed by atoms with Crippen LogP contribution in [-0.2, 0) is 31.5 Å². The third-order valence-corrected chi connectivity index (χ3v) is 7.24. The van der Waals surface area contributed by atoms with Crippen molar-refractivity contribution < 1.29 is 17.9 Å². The smallest absolute Gasteiger partial charge is 0.358 e. The first-order chi connectivity index (χ1) is 17.7. The second kappa shape index (κ2) is 8.84. The SMILES string of the molecule is Cn1nccc1Nc1ncc(Cl)c(-c2cc3n(c2)CCCn2c(COC4(C(F)(F)F)CCC4)nnc2-3)n1. The van der Waals surface area contributed by atoms with E-state index in [4.69, 9.17) is 16.3 Å². The second-order valence-corrected chi connectivity index (χ2v) is 9.65. The Balaban J connectivity index is 1.29. The molecule has 1 N–H and O–H groups in total. The maximum absolute atomic E-state index is 13.5.